The van der Waals surface area contributed by atoms with Gasteiger partial charge in [0.15, 0.2) is 0 Å². The van der Waals surface area contributed by atoms with Crippen LogP contribution in [0, 0.1) is 36.5 Å². The molecule has 0 saturated carbocycles. The summed E-state index contributed by atoms with van der Waals surface area (Å²) < 4.78 is 0. The van der Waals surface area contributed by atoms with Crippen LogP contribution in [0.15, 0.2) is 0 Å². The van der Waals surface area contributed by atoms with Gasteiger partial charge in [-0.25, -0.2) is 0 Å². The first-order chi connectivity index (χ1) is 4.81. The Morgan fingerprint density at radius 3 is 2.80 bits per heavy atom. The molecule has 0 aliphatic heterocycles. The lowest BCUT2D eigenvalue weighted by molar-refractivity contribution is 0.788. The van der Waals surface area contributed by atoms with Crippen LogP contribution in [-0.4, -0.2) is 0 Å². The first-order valence-electron chi connectivity index (χ1n) is 3.53. The second kappa shape index (κ2) is 6.24. The van der Waals surface area contributed by atoms with Gasteiger partial charge in [0.05, 0.1) is 0 Å². The molecule has 0 nitrogen and oxygen atoms in total. The van der Waals surface area contributed by atoms with Crippen molar-refractivity contribution in [3.05, 3.63) is 12.8 Å². The van der Waals surface area contributed by atoms with Crippen LogP contribution >= 0.6 is 0 Å². The van der Waals surface area contributed by atoms with Crippen molar-refractivity contribution in [3.63, 3.8) is 0 Å². The van der Waals surface area contributed by atoms with Gasteiger partial charge in [-0.3, -0.25) is 0 Å². The summed E-state index contributed by atoms with van der Waals surface area (Å²) in [6.07, 6.45) is 10.3. The van der Waals surface area contributed by atoms with Crippen LogP contribution in [0.3, 0.4) is 0 Å². The van der Waals surface area contributed by atoms with Crippen LogP contribution in [0.4, 0.5) is 0 Å². The highest BCUT2D eigenvalue weighted by atomic mass is 13.9. The van der Waals surface area contributed by atoms with Gasteiger partial charge in [-0.2, -0.15) is 0 Å². The molecule has 0 aliphatic rings. The molecule has 0 aromatic rings. The standard InChI is InChI=1S/C10H12/c1-4-6-7-9-10(3)8-5-2/h6,10H,4,8H2,1,3H3. The Kier molecular flexibility index (Phi) is 5.69. The minimum absolute atomic E-state index is 0.278. The van der Waals surface area contributed by atoms with Crippen molar-refractivity contribution in [2.24, 2.45) is 5.92 Å². The van der Waals surface area contributed by atoms with E-state index in [1.165, 1.54) is 0 Å². The van der Waals surface area contributed by atoms with Gasteiger partial charge in [-0.1, -0.05) is 31.6 Å². The van der Waals surface area contributed by atoms with E-state index in [0.717, 1.165) is 6.42 Å². The monoisotopic (exact) mass is 132 g/mol. The van der Waals surface area contributed by atoms with Gasteiger partial charge in [-0.15, -0.1) is 0 Å². The molecule has 0 N–H and O–H groups in total. The molecule has 2 radical (unpaired) electrons. The van der Waals surface area contributed by atoms with Gasteiger partial charge in [0.2, 0.25) is 0 Å². The lowest BCUT2D eigenvalue weighted by atomic mass is 10.1. The second-order valence-corrected chi connectivity index (χ2v) is 2.18. The van der Waals surface area contributed by atoms with Crippen molar-refractivity contribution >= 4 is 0 Å². The minimum Gasteiger partial charge on any atom is -0.0989 e. The Labute approximate surface area is 64.0 Å². The van der Waals surface area contributed by atoms with Crippen molar-refractivity contribution in [2.45, 2.75) is 26.7 Å². The van der Waals surface area contributed by atoms with E-state index in [0.29, 0.717) is 6.42 Å². The average molecular weight is 132 g/mol. The average Bonchev–Trinajstić information content (AvgIpc) is 1.89. The maximum Gasteiger partial charge on any atom is 0.0337 e. The molecule has 1 atom stereocenters. The Balaban J connectivity index is 3.49. The van der Waals surface area contributed by atoms with Gasteiger partial charge in [0, 0.05) is 18.8 Å². The summed E-state index contributed by atoms with van der Waals surface area (Å²) in [7, 11) is 0. The van der Waals surface area contributed by atoms with Crippen LogP contribution in [0.5, 0.6) is 0 Å². The second-order valence-electron chi connectivity index (χ2n) is 2.18. The number of hydrogen-bond donors (Lipinski definition) is 0. The first kappa shape index (κ1) is 9.12. The van der Waals surface area contributed by atoms with Gasteiger partial charge >= 0.3 is 0 Å². The number of hydrogen-bond acceptors (Lipinski definition) is 0. The van der Waals surface area contributed by atoms with E-state index >= 15 is 0 Å². The zero-order valence-electron chi connectivity index (χ0n) is 6.57. The molecular formula is C10H12. The molecule has 0 rings (SSSR count). The molecule has 10 heavy (non-hydrogen) atoms. The Bertz CT molecular complexity index is 161. The quantitative estimate of drug-likeness (QED) is 0.505. The molecule has 0 aliphatic carbocycles. The Morgan fingerprint density at radius 2 is 2.30 bits per heavy atom. The summed E-state index contributed by atoms with van der Waals surface area (Å²) in [4.78, 5) is 0. The molecule has 0 saturated heterocycles. The van der Waals surface area contributed by atoms with E-state index in [1.54, 1.807) is 0 Å². The van der Waals surface area contributed by atoms with Crippen molar-refractivity contribution in [1.29, 1.82) is 0 Å². The minimum atomic E-state index is 0.278. The molecule has 0 bridgehead atoms. The molecular weight excluding hydrogens is 120 g/mol. The number of rotatable bonds is 2. The summed E-state index contributed by atoms with van der Waals surface area (Å²) in [6.45, 7) is 4.06. The fraction of sp³-hybridized carbons (Fsp3) is 0.500. The van der Waals surface area contributed by atoms with Gasteiger partial charge in [0.25, 0.3) is 0 Å². The SMILES string of the molecule is [C]#CCC(C)C#C[CH]CC. The third kappa shape index (κ3) is 5.26. The fourth-order valence-corrected chi connectivity index (χ4v) is 0.507. The third-order valence-electron chi connectivity index (χ3n) is 1.04. The van der Waals surface area contributed by atoms with E-state index in [9.17, 15) is 0 Å². The van der Waals surface area contributed by atoms with Gasteiger partial charge in [0.1, 0.15) is 0 Å². The molecule has 0 aromatic heterocycles. The predicted octanol–water partition coefficient (Wildman–Crippen LogP) is 2.22. The smallest absolute Gasteiger partial charge is 0.0337 e. The normalized spacial score (nSPS) is 10.9. The van der Waals surface area contributed by atoms with E-state index < -0.39 is 0 Å². The topological polar surface area (TPSA) is 0 Å². The molecule has 0 spiro atoms. The highest BCUT2D eigenvalue weighted by Gasteiger charge is 1.90. The highest BCUT2D eigenvalue weighted by molar-refractivity contribution is 5.12. The van der Waals surface area contributed by atoms with Crippen molar-refractivity contribution in [3.8, 4) is 17.8 Å². The summed E-state index contributed by atoms with van der Waals surface area (Å²) in [5.74, 6) is 8.52. The Hall–Kier alpha value is -0.880. The third-order valence-corrected chi connectivity index (χ3v) is 1.04. The Morgan fingerprint density at radius 1 is 1.60 bits per heavy atom. The van der Waals surface area contributed by atoms with E-state index in [1.807, 2.05) is 13.3 Å². The maximum atomic E-state index is 6.69. The van der Waals surface area contributed by atoms with Crippen molar-refractivity contribution < 1.29 is 0 Å². The molecule has 0 fully saturated rings. The summed E-state index contributed by atoms with van der Waals surface area (Å²) in [5.41, 5.74) is 0. The molecule has 0 amide bonds. The number of unbranched alkanes of at least 4 members (excludes halogenated alkanes) is 1. The zero-order chi connectivity index (χ0) is 7.82. The molecule has 0 heterocycles. The van der Waals surface area contributed by atoms with Crippen LogP contribution < -0.4 is 0 Å². The predicted molar refractivity (Wildman–Crippen MR) is 43.3 cm³/mol. The lowest BCUT2D eigenvalue weighted by Crippen LogP contribution is -1.86. The van der Waals surface area contributed by atoms with E-state index in [-0.39, 0.29) is 5.92 Å². The van der Waals surface area contributed by atoms with Crippen LogP contribution in [-0.2, 0) is 0 Å². The van der Waals surface area contributed by atoms with Crippen LogP contribution in [0.25, 0.3) is 0 Å². The zero-order valence-corrected chi connectivity index (χ0v) is 6.57. The molecule has 52 valence electrons. The van der Waals surface area contributed by atoms with Crippen molar-refractivity contribution in [1.82, 2.24) is 0 Å². The van der Waals surface area contributed by atoms with E-state index in [4.69, 9.17) is 6.42 Å². The van der Waals surface area contributed by atoms with E-state index in [2.05, 4.69) is 24.7 Å². The van der Waals surface area contributed by atoms with Crippen LogP contribution in [0.1, 0.15) is 26.7 Å². The first-order valence-corrected chi connectivity index (χ1v) is 3.53. The van der Waals surface area contributed by atoms with Crippen LogP contribution in [0.2, 0.25) is 0 Å². The molecule has 0 aromatic carbocycles. The van der Waals surface area contributed by atoms with Gasteiger partial charge in [-0.05, 0) is 12.8 Å². The highest BCUT2D eigenvalue weighted by Crippen LogP contribution is 1.96. The summed E-state index contributed by atoms with van der Waals surface area (Å²) in [5, 5.41) is 0. The maximum absolute atomic E-state index is 6.69. The molecule has 1 unspecified atom stereocenters. The fourth-order valence-electron chi connectivity index (χ4n) is 0.507. The largest absolute Gasteiger partial charge is 0.0989 e. The molecule has 0 heteroatoms. The van der Waals surface area contributed by atoms with Gasteiger partial charge < -0.3 is 0 Å². The van der Waals surface area contributed by atoms with Crippen molar-refractivity contribution in [2.75, 3.05) is 0 Å². The summed E-state index contributed by atoms with van der Waals surface area (Å²) in [6, 6.07) is 0. The summed E-state index contributed by atoms with van der Waals surface area (Å²) >= 11 is 0. The lowest BCUT2D eigenvalue weighted by Gasteiger charge is -1.92.